The molecule has 1 atom stereocenters. The molecule has 1 amide bonds. The Kier molecular flexibility index (Phi) is 5.47. The van der Waals surface area contributed by atoms with E-state index in [2.05, 4.69) is 49.2 Å². The zero-order valence-corrected chi connectivity index (χ0v) is 16.4. The Hall–Kier alpha value is -2.13. The van der Waals surface area contributed by atoms with E-state index in [4.69, 9.17) is 0 Å². The summed E-state index contributed by atoms with van der Waals surface area (Å²) in [6.07, 6.45) is 2.46. The molecule has 0 aliphatic carbocycles. The van der Waals surface area contributed by atoms with Crippen LogP contribution in [0.1, 0.15) is 59.8 Å². The molecule has 3 rings (SSSR count). The van der Waals surface area contributed by atoms with Crippen LogP contribution in [0.5, 0.6) is 0 Å². The first-order valence-electron chi connectivity index (χ1n) is 9.57. The number of nitrogens with zero attached hydrogens (tertiary/aromatic N) is 1. The number of aryl methyl sites for hydroxylation is 2. The summed E-state index contributed by atoms with van der Waals surface area (Å²) < 4.78 is 0. The quantitative estimate of drug-likeness (QED) is 0.851. The third-order valence-corrected chi connectivity index (χ3v) is 5.66. The molecule has 1 aliphatic heterocycles. The average Bonchev–Trinajstić information content (AvgIpc) is 3.15. The van der Waals surface area contributed by atoms with E-state index in [9.17, 15) is 4.79 Å². The molecule has 3 heteroatoms. The van der Waals surface area contributed by atoms with E-state index in [1.165, 1.54) is 18.4 Å². The Morgan fingerprint density at radius 2 is 1.69 bits per heavy atom. The van der Waals surface area contributed by atoms with Crippen LogP contribution in [-0.2, 0) is 0 Å². The second-order valence-electron chi connectivity index (χ2n) is 7.98. The lowest BCUT2D eigenvalue weighted by molar-refractivity contribution is 0.0778. The predicted molar refractivity (Wildman–Crippen MR) is 107 cm³/mol. The Morgan fingerprint density at radius 3 is 2.31 bits per heavy atom. The van der Waals surface area contributed by atoms with Crippen molar-refractivity contribution in [2.45, 2.75) is 52.1 Å². The minimum atomic E-state index is -0.147. The highest BCUT2D eigenvalue weighted by atomic mass is 16.1. The maximum atomic E-state index is 13.1. The van der Waals surface area contributed by atoms with Gasteiger partial charge >= 0.3 is 0 Å². The molecular weight excluding hydrogens is 320 g/mol. The topological polar surface area (TPSA) is 32.3 Å². The van der Waals surface area contributed by atoms with Crippen LogP contribution in [0, 0.1) is 13.8 Å². The summed E-state index contributed by atoms with van der Waals surface area (Å²) in [4.78, 5) is 15.6. The molecule has 2 aromatic carbocycles. The molecule has 1 N–H and O–H groups in total. The number of carbonyl (C=O) groups excluding carboxylic acids is 1. The fourth-order valence-corrected chi connectivity index (χ4v) is 4.07. The van der Waals surface area contributed by atoms with Gasteiger partial charge in [-0.2, -0.15) is 0 Å². The van der Waals surface area contributed by atoms with Crippen molar-refractivity contribution in [2.75, 3.05) is 13.1 Å². The normalized spacial score (nSPS) is 16.5. The number of amides is 1. The summed E-state index contributed by atoms with van der Waals surface area (Å²) >= 11 is 0. The highest BCUT2D eigenvalue weighted by Crippen LogP contribution is 2.34. The molecule has 3 nitrogen and oxygen atoms in total. The van der Waals surface area contributed by atoms with Crippen LogP contribution < -0.4 is 5.32 Å². The van der Waals surface area contributed by atoms with Crippen LogP contribution in [0.4, 0.5) is 0 Å². The van der Waals surface area contributed by atoms with E-state index in [0.29, 0.717) is 0 Å². The highest BCUT2D eigenvalue weighted by molar-refractivity contribution is 5.96. The molecule has 2 aromatic rings. The fraction of sp³-hybridized carbons (Fsp3) is 0.435. The first kappa shape index (κ1) is 18.7. The minimum absolute atomic E-state index is 0.00336. The van der Waals surface area contributed by atoms with Gasteiger partial charge in [-0.05, 0) is 70.8 Å². The molecular formula is C23H30N2O. The van der Waals surface area contributed by atoms with E-state index in [1.807, 2.05) is 37.3 Å². The number of likely N-dealkylation sites (tertiary alicyclic amines) is 1. The fourth-order valence-electron chi connectivity index (χ4n) is 4.07. The van der Waals surface area contributed by atoms with Crippen molar-refractivity contribution < 1.29 is 4.79 Å². The molecule has 0 saturated carbocycles. The van der Waals surface area contributed by atoms with E-state index in [1.54, 1.807) is 0 Å². The van der Waals surface area contributed by atoms with Crippen LogP contribution >= 0.6 is 0 Å². The summed E-state index contributed by atoms with van der Waals surface area (Å²) in [6, 6.07) is 16.3. The lowest BCUT2D eigenvalue weighted by Gasteiger charge is -2.42. The van der Waals surface area contributed by atoms with Crippen LogP contribution in [-0.4, -0.2) is 29.4 Å². The van der Waals surface area contributed by atoms with Gasteiger partial charge in [-0.1, -0.05) is 48.0 Å². The van der Waals surface area contributed by atoms with Gasteiger partial charge in [0.2, 0.25) is 0 Å². The number of nitrogens with one attached hydrogen (secondary N) is 1. The van der Waals surface area contributed by atoms with Gasteiger partial charge < -0.3 is 5.32 Å². The van der Waals surface area contributed by atoms with Gasteiger partial charge in [-0.15, -0.1) is 0 Å². The third-order valence-electron chi connectivity index (χ3n) is 5.66. The minimum Gasteiger partial charge on any atom is -0.343 e. The largest absolute Gasteiger partial charge is 0.343 e. The molecule has 1 unspecified atom stereocenters. The summed E-state index contributed by atoms with van der Waals surface area (Å²) in [5, 5.41) is 3.35. The van der Waals surface area contributed by atoms with Gasteiger partial charge in [-0.25, -0.2) is 0 Å². The SMILES string of the molecule is Cc1ccc(C(=O)NC(c2ccccc2)C(C)(C)N2CCCC2)c(C)c1. The molecule has 0 radical (unpaired) electrons. The van der Waals surface area contributed by atoms with Crippen molar-refractivity contribution in [3.63, 3.8) is 0 Å². The van der Waals surface area contributed by atoms with Crippen LogP contribution in [0.3, 0.4) is 0 Å². The first-order valence-corrected chi connectivity index (χ1v) is 9.57. The Labute approximate surface area is 157 Å². The van der Waals surface area contributed by atoms with Crippen molar-refractivity contribution in [3.05, 3.63) is 70.8 Å². The summed E-state index contributed by atoms with van der Waals surface area (Å²) in [6.45, 7) is 10.7. The van der Waals surface area contributed by atoms with Gasteiger partial charge in [0, 0.05) is 11.1 Å². The summed E-state index contributed by atoms with van der Waals surface area (Å²) in [5.74, 6) is 0.00336. The van der Waals surface area contributed by atoms with E-state index < -0.39 is 0 Å². The predicted octanol–water partition coefficient (Wildman–Crippen LogP) is 4.65. The maximum Gasteiger partial charge on any atom is 0.252 e. The number of benzene rings is 2. The standard InChI is InChI=1S/C23H30N2O/c1-17-12-13-20(18(2)16-17)22(26)24-21(19-10-6-5-7-11-19)23(3,4)25-14-8-9-15-25/h5-7,10-13,16,21H,8-9,14-15H2,1-4H3,(H,24,26). The molecule has 0 aromatic heterocycles. The lowest BCUT2D eigenvalue weighted by Crippen LogP contribution is -2.52. The van der Waals surface area contributed by atoms with E-state index >= 15 is 0 Å². The zero-order valence-electron chi connectivity index (χ0n) is 16.4. The Morgan fingerprint density at radius 1 is 1.04 bits per heavy atom. The number of hydrogen-bond acceptors (Lipinski definition) is 2. The molecule has 1 fully saturated rings. The van der Waals surface area contributed by atoms with Crippen LogP contribution in [0.25, 0.3) is 0 Å². The number of carbonyl (C=O) groups is 1. The van der Waals surface area contributed by atoms with Crippen molar-refractivity contribution in [1.29, 1.82) is 0 Å². The summed E-state index contributed by atoms with van der Waals surface area (Å²) in [5.41, 5.74) is 3.96. The van der Waals surface area contributed by atoms with Crippen molar-refractivity contribution in [3.8, 4) is 0 Å². The number of hydrogen-bond donors (Lipinski definition) is 1. The smallest absolute Gasteiger partial charge is 0.252 e. The van der Waals surface area contributed by atoms with E-state index in [0.717, 1.165) is 29.8 Å². The van der Waals surface area contributed by atoms with Gasteiger partial charge in [-0.3, -0.25) is 9.69 Å². The molecule has 1 heterocycles. The average molecular weight is 351 g/mol. The molecule has 0 bridgehead atoms. The Bertz CT molecular complexity index is 761. The van der Waals surface area contributed by atoms with E-state index in [-0.39, 0.29) is 17.5 Å². The second-order valence-corrected chi connectivity index (χ2v) is 7.98. The molecule has 138 valence electrons. The second kappa shape index (κ2) is 7.63. The molecule has 0 spiro atoms. The van der Waals surface area contributed by atoms with Gasteiger partial charge in [0.15, 0.2) is 0 Å². The Balaban J connectivity index is 1.92. The zero-order chi connectivity index (χ0) is 18.7. The monoisotopic (exact) mass is 350 g/mol. The van der Waals surface area contributed by atoms with Crippen LogP contribution in [0.15, 0.2) is 48.5 Å². The van der Waals surface area contributed by atoms with Crippen molar-refractivity contribution >= 4 is 5.91 Å². The number of rotatable bonds is 5. The lowest BCUT2D eigenvalue weighted by atomic mass is 9.86. The first-order chi connectivity index (χ1) is 12.4. The van der Waals surface area contributed by atoms with Gasteiger partial charge in [0.05, 0.1) is 6.04 Å². The summed E-state index contributed by atoms with van der Waals surface area (Å²) in [7, 11) is 0. The molecule has 26 heavy (non-hydrogen) atoms. The van der Waals surface area contributed by atoms with Gasteiger partial charge in [0.1, 0.15) is 0 Å². The molecule has 1 aliphatic rings. The van der Waals surface area contributed by atoms with Gasteiger partial charge in [0.25, 0.3) is 5.91 Å². The molecule has 1 saturated heterocycles. The third kappa shape index (κ3) is 3.83. The maximum absolute atomic E-state index is 13.1. The van der Waals surface area contributed by atoms with Crippen molar-refractivity contribution in [2.24, 2.45) is 0 Å². The highest BCUT2D eigenvalue weighted by Gasteiger charge is 2.38. The van der Waals surface area contributed by atoms with Crippen molar-refractivity contribution in [1.82, 2.24) is 10.2 Å². The van der Waals surface area contributed by atoms with Crippen LogP contribution in [0.2, 0.25) is 0 Å².